The van der Waals surface area contributed by atoms with Crippen molar-refractivity contribution in [3.63, 3.8) is 0 Å². The molecule has 0 bridgehead atoms. The van der Waals surface area contributed by atoms with Gasteiger partial charge in [-0.05, 0) is 56.4 Å². The SMILES string of the molecule is Cc1ccc2c(c1)N(C(=O)c1[nH]c(C)c(S(N)(=O)=O)c1C)CCC2. The largest absolute Gasteiger partial charge is 0.353 e. The van der Waals surface area contributed by atoms with Crippen molar-refractivity contribution in [2.45, 2.75) is 38.5 Å². The van der Waals surface area contributed by atoms with Crippen LogP contribution < -0.4 is 10.0 Å². The minimum Gasteiger partial charge on any atom is -0.353 e. The van der Waals surface area contributed by atoms with Crippen molar-refractivity contribution in [1.29, 1.82) is 0 Å². The van der Waals surface area contributed by atoms with Crippen molar-refractivity contribution in [1.82, 2.24) is 4.98 Å². The molecular weight excluding hydrogens is 326 g/mol. The van der Waals surface area contributed by atoms with Crippen LogP contribution in [0.5, 0.6) is 0 Å². The fourth-order valence-corrected chi connectivity index (χ4v) is 4.41. The molecule has 1 aromatic heterocycles. The quantitative estimate of drug-likeness (QED) is 0.871. The molecule has 2 aromatic rings. The van der Waals surface area contributed by atoms with E-state index < -0.39 is 10.0 Å². The zero-order chi connectivity index (χ0) is 17.6. The van der Waals surface area contributed by atoms with Crippen LogP contribution in [0.25, 0.3) is 0 Å². The highest BCUT2D eigenvalue weighted by atomic mass is 32.2. The molecule has 3 N–H and O–H groups in total. The van der Waals surface area contributed by atoms with E-state index in [9.17, 15) is 13.2 Å². The van der Waals surface area contributed by atoms with Crippen LogP contribution in [-0.4, -0.2) is 25.9 Å². The molecule has 0 saturated carbocycles. The molecular formula is C17H21N3O3S. The second kappa shape index (κ2) is 5.75. The highest BCUT2D eigenvalue weighted by Crippen LogP contribution is 2.31. The summed E-state index contributed by atoms with van der Waals surface area (Å²) >= 11 is 0. The molecule has 1 aliphatic heterocycles. The molecule has 1 aromatic carbocycles. The number of nitrogens with one attached hydrogen (secondary N) is 1. The molecule has 0 radical (unpaired) electrons. The summed E-state index contributed by atoms with van der Waals surface area (Å²) in [7, 11) is -3.88. The third-order valence-electron chi connectivity index (χ3n) is 4.47. The number of rotatable bonds is 2. The summed E-state index contributed by atoms with van der Waals surface area (Å²) in [5.41, 5.74) is 4.16. The van der Waals surface area contributed by atoms with Crippen LogP contribution in [0, 0.1) is 20.8 Å². The fraction of sp³-hybridized carbons (Fsp3) is 0.353. The molecule has 2 heterocycles. The molecule has 0 spiro atoms. The van der Waals surface area contributed by atoms with Gasteiger partial charge in [-0.25, -0.2) is 13.6 Å². The summed E-state index contributed by atoms with van der Waals surface area (Å²) in [6.45, 7) is 5.81. The maximum atomic E-state index is 13.0. The molecule has 7 heteroatoms. The zero-order valence-electron chi connectivity index (χ0n) is 14.0. The number of hydrogen-bond acceptors (Lipinski definition) is 3. The first-order chi connectivity index (χ1) is 11.2. The number of benzene rings is 1. The Morgan fingerprint density at radius 2 is 1.96 bits per heavy atom. The van der Waals surface area contributed by atoms with Gasteiger partial charge in [0.25, 0.3) is 5.91 Å². The Kier molecular flexibility index (Phi) is 4.01. The van der Waals surface area contributed by atoms with E-state index in [1.165, 1.54) is 0 Å². The number of amides is 1. The molecule has 0 aliphatic carbocycles. The predicted molar refractivity (Wildman–Crippen MR) is 92.8 cm³/mol. The number of aryl methyl sites for hydroxylation is 3. The van der Waals surface area contributed by atoms with Crippen molar-refractivity contribution >= 4 is 21.6 Å². The van der Waals surface area contributed by atoms with Crippen LogP contribution >= 0.6 is 0 Å². The lowest BCUT2D eigenvalue weighted by atomic mass is 9.99. The van der Waals surface area contributed by atoms with Gasteiger partial charge in [0.05, 0.1) is 0 Å². The molecule has 128 valence electrons. The Hall–Kier alpha value is -2.12. The number of H-pyrrole nitrogens is 1. The van der Waals surface area contributed by atoms with Crippen molar-refractivity contribution in [2.24, 2.45) is 5.14 Å². The first kappa shape index (κ1) is 16.7. The standard InChI is InChI=1S/C17H21N3O3S/c1-10-6-7-13-5-4-8-20(14(13)9-10)17(21)15-11(2)16(12(3)19-15)24(18,22)23/h6-7,9,19H,4-5,8H2,1-3H3,(H2,18,22,23). The second-order valence-electron chi connectivity index (χ2n) is 6.32. The van der Waals surface area contributed by atoms with Crippen LogP contribution in [0.1, 0.15) is 39.3 Å². The second-order valence-corrected chi connectivity index (χ2v) is 7.81. The van der Waals surface area contributed by atoms with Gasteiger partial charge in [-0.1, -0.05) is 12.1 Å². The number of hydrogen-bond donors (Lipinski definition) is 2. The van der Waals surface area contributed by atoms with E-state index in [1.807, 2.05) is 25.1 Å². The number of sulfonamides is 1. The lowest BCUT2D eigenvalue weighted by molar-refractivity contribution is 0.0980. The maximum Gasteiger partial charge on any atom is 0.275 e. The zero-order valence-corrected chi connectivity index (χ0v) is 14.8. The van der Waals surface area contributed by atoms with E-state index in [4.69, 9.17) is 5.14 Å². The van der Waals surface area contributed by atoms with Gasteiger partial charge in [0.1, 0.15) is 10.6 Å². The predicted octanol–water partition coefficient (Wildman–Crippen LogP) is 2.18. The summed E-state index contributed by atoms with van der Waals surface area (Å²) in [6.07, 6.45) is 1.81. The lowest BCUT2D eigenvalue weighted by Gasteiger charge is -2.29. The number of carbonyl (C=O) groups excluding carboxylic acids is 1. The summed E-state index contributed by atoms with van der Waals surface area (Å²) in [6, 6.07) is 6.08. The number of aromatic nitrogens is 1. The van der Waals surface area contributed by atoms with E-state index in [0.717, 1.165) is 29.7 Å². The normalized spacial score (nSPS) is 14.6. The van der Waals surface area contributed by atoms with E-state index in [1.54, 1.807) is 18.7 Å². The van der Waals surface area contributed by atoms with Gasteiger partial charge in [-0.15, -0.1) is 0 Å². The first-order valence-corrected chi connectivity index (χ1v) is 9.38. The topological polar surface area (TPSA) is 96.3 Å². The van der Waals surface area contributed by atoms with Crippen LogP contribution in [-0.2, 0) is 16.4 Å². The molecule has 0 atom stereocenters. The maximum absolute atomic E-state index is 13.0. The fourth-order valence-electron chi connectivity index (χ4n) is 3.40. The summed E-state index contributed by atoms with van der Waals surface area (Å²) in [5.74, 6) is -0.225. The van der Waals surface area contributed by atoms with E-state index in [0.29, 0.717) is 17.8 Å². The Morgan fingerprint density at radius 1 is 1.25 bits per heavy atom. The molecule has 3 rings (SSSR count). The van der Waals surface area contributed by atoms with Gasteiger partial charge in [0.2, 0.25) is 10.0 Å². The minimum atomic E-state index is -3.88. The number of aromatic amines is 1. The van der Waals surface area contributed by atoms with Gasteiger partial charge >= 0.3 is 0 Å². The lowest BCUT2D eigenvalue weighted by Crippen LogP contribution is -2.36. The molecule has 1 amide bonds. The van der Waals surface area contributed by atoms with Crippen LogP contribution in [0.4, 0.5) is 5.69 Å². The Bertz CT molecular complexity index is 929. The molecule has 0 saturated heterocycles. The number of carbonyl (C=O) groups is 1. The molecule has 6 nitrogen and oxygen atoms in total. The van der Waals surface area contributed by atoms with Crippen molar-refractivity contribution in [3.8, 4) is 0 Å². The summed E-state index contributed by atoms with van der Waals surface area (Å²) in [5, 5.41) is 5.27. The van der Waals surface area contributed by atoms with Crippen LogP contribution in [0.2, 0.25) is 0 Å². The Labute approximate surface area is 141 Å². The average molecular weight is 347 g/mol. The third kappa shape index (κ3) is 2.74. The number of nitrogens with two attached hydrogens (primary N) is 1. The van der Waals surface area contributed by atoms with E-state index in [2.05, 4.69) is 4.98 Å². The van der Waals surface area contributed by atoms with Gasteiger partial charge < -0.3 is 9.88 Å². The van der Waals surface area contributed by atoms with Gasteiger partial charge in [-0.2, -0.15) is 0 Å². The van der Waals surface area contributed by atoms with Crippen molar-refractivity contribution in [2.75, 3.05) is 11.4 Å². The third-order valence-corrected chi connectivity index (χ3v) is 5.65. The van der Waals surface area contributed by atoms with Crippen LogP contribution in [0.15, 0.2) is 23.1 Å². The minimum absolute atomic E-state index is 0.00678. The highest BCUT2D eigenvalue weighted by Gasteiger charge is 2.29. The molecule has 1 aliphatic rings. The average Bonchev–Trinajstić information content (AvgIpc) is 2.80. The van der Waals surface area contributed by atoms with E-state index in [-0.39, 0.29) is 16.5 Å². The number of fused-ring (bicyclic) bond motifs is 1. The van der Waals surface area contributed by atoms with E-state index >= 15 is 0 Å². The first-order valence-electron chi connectivity index (χ1n) is 7.83. The number of anilines is 1. The van der Waals surface area contributed by atoms with Gasteiger partial charge in [0.15, 0.2) is 0 Å². The van der Waals surface area contributed by atoms with Crippen molar-refractivity contribution < 1.29 is 13.2 Å². The van der Waals surface area contributed by atoms with Crippen LogP contribution in [0.3, 0.4) is 0 Å². The highest BCUT2D eigenvalue weighted by molar-refractivity contribution is 7.89. The Morgan fingerprint density at radius 3 is 2.58 bits per heavy atom. The van der Waals surface area contributed by atoms with Gasteiger partial charge in [-0.3, -0.25) is 4.79 Å². The monoisotopic (exact) mass is 347 g/mol. The molecule has 24 heavy (non-hydrogen) atoms. The van der Waals surface area contributed by atoms with Crippen molar-refractivity contribution in [3.05, 3.63) is 46.3 Å². The summed E-state index contributed by atoms with van der Waals surface area (Å²) < 4.78 is 23.5. The number of nitrogens with zero attached hydrogens (tertiary/aromatic N) is 1. The smallest absolute Gasteiger partial charge is 0.275 e. The van der Waals surface area contributed by atoms with Gasteiger partial charge in [0, 0.05) is 17.9 Å². The molecule has 0 fully saturated rings. The molecule has 0 unspecified atom stereocenters. The Balaban J connectivity index is 2.08. The summed E-state index contributed by atoms with van der Waals surface area (Å²) in [4.78, 5) is 17.7. The number of primary sulfonamides is 1.